The van der Waals surface area contributed by atoms with Gasteiger partial charge in [-0.25, -0.2) is 9.59 Å². The van der Waals surface area contributed by atoms with Crippen LogP contribution in [0.5, 0.6) is 0 Å². The number of carbonyl (C=O) groups is 3. The third kappa shape index (κ3) is 3.40. The van der Waals surface area contributed by atoms with Gasteiger partial charge in [0.15, 0.2) is 11.0 Å². The fourth-order valence-corrected chi connectivity index (χ4v) is 1.72. The molecule has 21 heavy (non-hydrogen) atoms. The molecule has 0 unspecified atom stereocenters. The zero-order chi connectivity index (χ0) is 15.6. The van der Waals surface area contributed by atoms with E-state index in [-0.39, 0.29) is 27.8 Å². The molecule has 0 fully saturated rings. The fraction of sp³-hybridized carbons (Fsp3) is 0. The van der Waals surface area contributed by atoms with E-state index in [9.17, 15) is 14.4 Å². The summed E-state index contributed by atoms with van der Waals surface area (Å²) in [5, 5.41) is 20.2. The van der Waals surface area contributed by atoms with Gasteiger partial charge in [0.25, 0.3) is 5.91 Å². The molecule has 2 rings (SSSR count). The molecule has 0 bridgehead atoms. The molecule has 0 aliphatic heterocycles. The maximum Gasteiger partial charge on any atom is 0.335 e. The highest BCUT2D eigenvalue weighted by molar-refractivity contribution is 6.29. The van der Waals surface area contributed by atoms with E-state index in [0.717, 1.165) is 18.2 Å². The van der Waals surface area contributed by atoms with Crippen molar-refractivity contribution in [3.05, 3.63) is 52.4 Å². The second kappa shape index (κ2) is 5.68. The van der Waals surface area contributed by atoms with Crippen LogP contribution < -0.4 is 5.32 Å². The summed E-state index contributed by atoms with van der Waals surface area (Å²) in [7, 11) is 0. The van der Waals surface area contributed by atoms with Gasteiger partial charge in [-0.15, -0.1) is 0 Å². The number of hydrogen-bond donors (Lipinski definition) is 3. The van der Waals surface area contributed by atoms with Gasteiger partial charge >= 0.3 is 11.9 Å². The molecule has 0 atom stereocenters. The van der Waals surface area contributed by atoms with E-state index >= 15 is 0 Å². The van der Waals surface area contributed by atoms with Crippen LogP contribution in [0.25, 0.3) is 0 Å². The van der Waals surface area contributed by atoms with Crippen molar-refractivity contribution in [1.82, 2.24) is 0 Å². The number of anilines is 1. The number of furan rings is 1. The quantitative estimate of drug-likeness (QED) is 0.799. The number of rotatable bonds is 4. The maximum absolute atomic E-state index is 11.8. The molecule has 7 nitrogen and oxygen atoms in total. The summed E-state index contributed by atoms with van der Waals surface area (Å²) >= 11 is 5.54. The average Bonchev–Trinajstić information content (AvgIpc) is 2.85. The van der Waals surface area contributed by atoms with Crippen LogP contribution in [0.4, 0.5) is 5.69 Å². The molecule has 1 heterocycles. The molecule has 1 aromatic heterocycles. The molecular weight excluding hydrogens is 302 g/mol. The zero-order valence-corrected chi connectivity index (χ0v) is 11.0. The molecule has 2 aromatic rings. The molecule has 0 spiro atoms. The largest absolute Gasteiger partial charge is 0.478 e. The van der Waals surface area contributed by atoms with Gasteiger partial charge in [0.05, 0.1) is 11.1 Å². The van der Waals surface area contributed by atoms with Crippen molar-refractivity contribution in [2.24, 2.45) is 0 Å². The molecule has 8 heteroatoms. The second-order valence-electron chi connectivity index (χ2n) is 3.97. The summed E-state index contributed by atoms with van der Waals surface area (Å²) in [6, 6.07) is 5.96. The Labute approximate surface area is 122 Å². The first-order chi connectivity index (χ1) is 9.86. The minimum absolute atomic E-state index is 0.0184. The number of carboxylic acid groups (broad SMARTS) is 2. The first-order valence-corrected chi connectivity index (χ1v) is 5.93. The van der Waals surface area contributed by atoms with Gasteiger partial charge in [-0.05, 0) is 41.9 Å². The van der Waals surface area contributed by atoms with Crippen LogP contribution in [0.1, 0.15) is 31.3 Å². The first kappa shape index (κ1) is 14.6. The SMILES string of the molecule is O=C(O)c1cc(NC(=O)c2ccc(Cl)o2)cc(C(=O)O)c1. The van der Waals surface area contributed by atoms with Gasteiger partial charge in [0.1, 0.15) is 0 Å². The number of nitrogens with one attached hydrogen (secondary N) is 1. The second-order valence-corrected chi connectivity index (χ2v) is 4.34. The van der Waals surface area contributed by atoms with Crippen molar-refractivity contribution < 1.29 is 29.0 Å². The van der Waals surface area contributed by atoms with Crippen molar-refractivity contribution in [1.29, 1.82) is 0 Å². The molecule has 0 aliphatic rings. The third-order valence-corrected chi connectivity index (χ3v) is 2.68. The Morgan fingerprint density at radius 2 is 1.57 bits per heavy atom. The highest BCUT2D eigenvalue weighted by atomic mass is 35.5. The van der Waals surface area contributed by atoms with E-state index < -0.39 is 17.8 Å². The lowest BCUT2D eigenvalue weighted by molar-refractivity contribution is 0.0696. The predicted octanol–water partition coefficient (Wildman–Crippen LogP) is 2.58. The summed E-state index contributed by atoms with van der Waals surface area (Å²) in [6.45, 7) is 0. The predicted molar refractivity (Wildman–Crippen MR) is 72.0 cm³/mol. The van der Waals surface area contributed by atoms with E-state index in [2.05, 4.69) is 5.32 Å². The number of carboxylic acids is 2. The Morgan fingerprint density at radius 3 is 2.00 bits per heavy atom. The van der Waals surface area contributed by atoms with E-state index in [1.54, 1.807) is 0 Å². The van der Waals surface area contributed by atoms with Crippen molar-refractivity contribution in [2.45, 2.75) is 0 Å². The van der Waals surface area contributed by atoms with Gasteiger partial charge in [0.2, 0.25) is 0 Å². The van der Waals surface area contributed by atoms with Gasteiger partial charge in [-0.3, -0.25) is 4.79 Å². The topological polar surface area (TPSA) is 117 Å². The standard InChI is InChI=1S/C13H8ClNO6/c14-10-2-1-9(21-10)11(16)15-8-4-6(12(17)18)3-7(5-8)13(19)20/h1-5H,(H,15,16)(H,17,18)(H,19,20). The lowest BCUT2D eigenvalue weighted by Gasteiger charge is -2.06. The molecule has 1 amide bonds. The van der Waals surface area contributed by atoms with Crippen molar-refractivity contribution in [2.75, 3.05) is 5.32 Å². The minimum Gasteiger partial charge on any atom is -0.478 e. The smallest absolute Gasteiger partial charge is 0.335 e. The summed E-state index contributed by atoms with van der Waals surface area (Å²) in [4.78, 5) is 33.7. The first-order valence-electron chi connectivity index (χ1n) is 5.55. The van der Waals surface area contributed by atoms with Gasteiger partial charge in [-0.2, -0.15) is 0 Å². The summed E-state index contributed by atoms with van der Waals surface area (Å²) < 4.78 is 4.89. The Morgan fingerprint density at radius 1 is 1.00 bits per heavy atom. The molecular formula is C13H8ClNO6. The van der Waals surface area contributed by atoms with Gasteiger partial charge in [0, 0.05) is 5.69 Å². The molecule has 0 saturated carbocycles. The zero-order valence-electron chi connectivity index (χ0n) is 10.3. The molecule has 0 aliphatic carbocycles. The minimum atomic E-state index is -1.31. The highest BCUT2D eigenvalue weighted by Crippen LogP contribution is 2.18. The van der Waals surface area contributed by atoms with Crippen LogP contribution in [0.15, 0.2) is 34.7 Å². The van der Waals surface area contributed by atoms with Crippen molar-refractivity contribution >= 4 is 35.1 Å². The number of amides is 1. The van der Waals surface area contributed by atoms with Crippen LogP contribution in [-0.2, 0) is 0 Å². The number of aromatic carboxylic acids is 2. The Bertz CT molecular complexity index is 704. The van der Waals surface area contributed by atoms with Crippen LogP contribution in [0, 0.1) is 0 Å². The third-order valence-electron chi connectivity index (χ3n) is 2.48. The lowest BCUT2D eigenvalue weighted by atomic mass is 10.1. The molecule has 0 radical (unpaired) electrons. The Kier molecular flexibility index (Phi) is 3.95. The van der Waals surface area contributed by atoms with Gasteiger partial charge in [-0.1, -0.05) is 0 Å². The Balaban J connectivity index is 2.32. The average molecular weight is 310 g/mol. The molecule has 108 valence electrons. The number of carbonyl (C=O) groups excluding carboxylic acids is 1. The van der Waals surface area contributed by atoms with Crippen molar-refractivity contribution in [3.8, 4) is 0 Å². The normalized spacial score (nSPS) is 10.1. The van der Waals surface area contributed by atoms with E-state index in [0.29, 0.717) is 0 Å². The highest BCUT2D eigenvalue weighted by Gasteiger charge is 2.15. The summed E-state index contributed by atoms with van der Waals surface area (Å²) in [5.74, 6) is -3.39. The van der Waals surface area contributed by atoms with Crippen LogP contribution in [0.3, 0.4) is 0 Å². The van der Waals surface area contributed by atoms with Crippen LogP contribution in [-0.4, -0.2) is 28.1 Å². The molecule has 3 N–H and O–H groups in total. The number of hydrogen-bond acceptors (Lipinski definition) is 4. The summed E-state index contributed by atoms with van der Waals surface area (Å²) in [6.07, 6.45) is 0. The maximum atomic E-state index is 11.8. The molecule has 0 saturated heterocycles. The van der Waals surface area contributed by atoms with E-state index in [1.807, 2.05) is 0 Å². The van der Waals surface area contributed by atoms with E-state index in [4.69, 9.17) is 26.2 Å². The van der Waals surface area contributed by atoms with Crippen LogP contribution >= 0.6 is 11.6 Å². The van der Waals surface area contributed by atoms with Crippen molar-refractivity contribution in [3.63, 3.8) is 0 Å². The number of halogens is 1. The van der Waals surface area contributed by atoms with Gasteiger partial charge < -0.3 is 19.9 Å². The Hall–Kier alpha value is -2.80. The van der Waals surface area contributed by atoms with Crippen LogP contribution in [0.2, 0.25) is 5.22 Å². The summed E-state index contributed by atoms with van der Waals surface area (Å²) in [5.41, 5.74) is -0.504. The fourth-order valence-electron chi connectivity index (χ4n) is 1.58. The lowest BCUT2D eigenvalue weighted by Crippen LogP contribution is -2.12. The van der Waals surface area contributed by atoms with E-state index in [1.165, 1.54) is 12.1 Å². The monoisotopic (exact) mass is 309 g/mol. The molecule has 1 aromatic carbocycles. The number of benzene rings is 1.